The number of rotatable bonds is 7. The molecule has 2 rings (SSSR count). The van der Waals surface area contributed by atoms with E-state index in [2.05, 4.69) is 10.6 Å². The fourth-order valence-electron chi connectivity index (χ4n) is 2.41. The maximum Gasteiger partial charge on any atom is 0.310 e. The Morgan fingerprint density at radius 2 is 1.65 bits per heavy atom. The number of ether oxygens (including phenoxy) is 1. The van der Waals surface area contributed by atoms with Gasteiger partial charge in [0.1, 0.15) is 0 Å². The van der Waals surface area contributed by atoms with Crippen LogP contribution in [0.1, 0.15) is 25.0 Å². The van der Waals surface area contributed by atoms with Gasteiger partial charge in [-0.3, -0.25) is 14.4 Å². The molecule has 0 aliphatic carbocycles. The van der Waals surface area contributed by atoms with Crippen LogP contribution in [0.5, 0.6) is 0 Å². The standard InChI is InChI=1S/C20H22N2O4/c1-3-16-6-4-5-7-18(16)22-19(24)13-26-20(25)12-15-8-10-17(11-9-15)21-14(2)23/h4-11H,3,12-13H2,1-2H3,(H,21,23)(H,22,24). The first-order valence-electron chi connectivity index (χ1n) is 8.38. The smallest absolute Gasteiger partial charge is 0.310 e. The van der Waals surface area contributed by atoms with Crippen molar-refractivity contribution in [1.82, 2.24) is 0 Å². The number of anilines is 2. The zero-order valence-corrected chi connectivity index (χ0v) is 14.9. The predicted molar refractivity (Wildman–Crippen MR) is 99.9 cm³/mol. The summed E-state index contributed by atoms with van der Waals surface area (Å²) in [5.74, 6) is -1.02. The molecule has 0 radical (unpaired) electrons. The van der Waals surface area contributed by atoms with Gasteiger partial charge in [-0.25, -0.2) is 0 Å². The third kappa shape index (κ3) is 6.05. The summed E-state index contributed by atoms with van der Waals surface area (Å²) in [6.45, 7) is 3.10. The molecule has 0 saturated heterocycles. The van der Waals surface area contributed by atoms with Crippen molar-refractivity contribution in [3.8, 4) is 0 Å². The van der Waals surface area contributed by atoms with Gasteiger partial charge < -0.3 is 15.4 Å². The number of hydrogen-bond donors (Lipinski definition) is 2. The summed E-state index contributed by atoms with van der Waals surface area (Å²) in [7, 11) is 0. The average molecular weight is 354 g/mol. The van der Waals surface area contributed by atoms with Crippen LogP contribution in [0, 0.1) is 0 Å². The number of para-hydroxylation sites is 1. The Morgan fingerprint density at radius 1 is 0.962 bits per heavy atom. The van der Waals surface area contributed by atoms with Crippen molar-refractivity contribution in [3.63, 3.8) is 0 Å². The number of esters is 1. The van der Waals surface area contributed by atoms with E-state index in [1.165, 1.54) is 6.92 Å². The molecule has 2 amide bonds. The molecule has 6 heteroatoms. The van der Waals surface area contributed by atoms with Crippen molar-refractivity contribution in [3.05, 3.63) is 59.7 Å². The Balaban J connectivity index is 1.81. The molecule has 2 aromatic rings. The summed E-state index contributed by atoms with van der Waals surface area (Å²) in [5, 5.41) is 5.40. The highest BCUT2D eigenvalue weighted by Gasteiger charge is 2.10. The predicted octanol–water partition coefficient (Wildman–Crippen LogP) is 2.93. The monoisotopic (exact) mass is 354 g/mol. The van der Waals surface area contributed by atoms with Crippen LogP contribution in [0.25, 0.3) is 0 Å². The van der Waals surface area contributed by atoms with Crippen molar-refractivity contribution in [2.45, 2.75) is 26.7 Å². The molecule has 2 N–H and O–H groups in total. The Labute approximate surface area is 152 Å². The van der Waals surface area contributed by atoms with E-state index in [1.54, 1.807) is 24.3 Å². The number of nitrogens with one attached hydrogen (secondary N) is 2. The van der Waals surface area contributed by atoms with Gasteiger partial charge in [-0.15, -0.1) is 0 Å². The van der Waals surface area contributed by atoms with Crippen molar-refractivity contribution >= 4 is 29.2 Å². The molecule has 0 atom stereocenters. The lowest BCUT2D eigenvalue weighted by atomic mass is 10.1. The molecule has 6 nitrogen and oxygen atoms in total. The van der Waals surface area contributed by atoms with E-state index in [9.17, 15) is 14.4 Å². The maximum atomic E-state index is 12.0. The zero-order valence-electron chi connectivity index (χ0n) is 14.9. The average Bonchev–Trinajstić information content (AvgIpc) is 2.62. The number of amides is 2. The molecular formula is C20H22N2O4. The van der Waals surface area contributed by atoms with Crippen molar-refractivity contribution in [2.75, 3.05) is 17.2 Å². The molecule has 0 aliphatic rings. The summed E-state index contributed by atoms with van der Waals surface area (Å²) < 4.78 is 5.03. The van der Waals surface area contributed by atoms with Crippen LogP contribution < -0.4 is 10.6 Å². The van der Waals surface area contributed by atoms with E-state index >= 15 is 0 Å². The van der Waals surface area contributed by atoms with E-state index in [-0.39, 0.29) is 24.8 Å². The van der Waals surface area contributed by atoms with Crippen molar-refractivity contribution in [2.24, 2.45) is 0 Å². The molecular weight excluding hydrogens is 332 g/mol. The van der Waals surface area contributed by atoms with E-state index < -0.39 is 5.97 Å². The van der Waals surface area contributed by atoms with Crippen LogP contribution in [0.2, 0.25) is 0 Å². The van der Waals surface area contributed by atoms with Crippen LogP contribution in [0.4, 0.5) is 11.4 Å². The van der Waals surface area contributed by atoms with E-state index in [0.29, 0.717) is 5.69 Å². The number of carbonyl (C=O) groups excluding carboxylic acids is 3. The van der Waals surface area contributed by atoms with Crippen LogP contribution >= 0.6 is 0 Å². The lowest BCUT2D eigenvalue weighted by Crippen LogP contribution is -2.22. The third-order valence-corrected chi connectivity index (χ3v) is 3.66. The van der Waals surface area contributed by atoms with Crippen LogP contribution in [0.15, 0.2) is 48.5 Å². The first kappa shape index (κ1) is 19.2. The molecule has 136 valence electrons. The SMILES string of the molecule is CCc1ccccc1NC(=O)COC(=O)Cc1ccc(NC(C)=O)cc1. The van der Waals surface area contributed by atoms with Crippen molar-refractivity contribution in [1.29, 1.82) is 0 Å². The number of carbonyl (C=O) groups is 3. The van der Waals surface area contributed by atoms with Gasteiger partial charge >= 0.3 is 5.97 Å². The summed E-state index contributed by atoms with van der Waals surface area (Å²) >= 11 is 0. The lowest BCUT2D eigenvalue weighted by Gasteiger charge is -2.10. The summed E-state index contributed by atoms with van der Waals surface area (Å²) in [6, 6.07) is 14.4. The Bertz CT molecular complexity index is 785. The topological polar surface area (TPSA) is 84.5 Å². The Kier molecular flexibility index (Phi) is 6.91. The van der Waals surface area contributed by atoms with Crippen LogP contribution in [-0.2, 0) is 32.0 Å². The minimum atomic E-state index is -0.490. The molecule has 0 bridgehead atoms. The number of aryl methyl sites for hydroxylation is 1. The maximum absolute atomic E-state index is 12.0. The van der Waals surface area contributed by atoms with E-state index in [1.807, 2.05) is 31.2 Å². The minimum absolute atomic E-state index is 0.0547. The summed E-state index contributed by atoms with van der Waals surface area (Å²) in [5.41, 5.74) is 3.14. The van der Waals surface area contributed by atoms with Crippen LogP contribution in [-0.4, -0.2) is 24.4 Å². The van der Waals surface area contributed by atoms with Crippen molar-refractivity contribution < 1.29 is 19.1 Å². The fraction of sp³-hybridized carbons (Fsp3) is 0.250. The highest BCUT2D eigenvalue weighted by molar-refractivity contribution is 5.93. The lowest BCUT2D eigenvalue weighted by molar-refractivity contribution is -0.146. The van der Waals surface area contributed by atoms with Gasteiger partial charge in [-0.05, 0) is 35.7 Å². The molecule has 0 saturated carbocycles. The first-order chi connectivity index (χ1) is 12.5. The van der Waals surface area contributed by atoms with Gasteiger partial charge in [0.05, 0.1) is 6.42 Å². The van der Waals surface area contributed by atoms with Gasteiger partial charge in [-0.2, -0.15) is 0 Å². The third-order valence-electron chi connectivity index (χ3n) is 3.66. The first-order valence-corrected chi connectivity index (χ1v) is 8.38. The van der Waals surface area contributed by atoms with E-state index in [0.717, 1.165) is 23.2 Å². The van der Waals surface area contributed by atoms with Gasteiger partial charge in [0.25, 0.3) is 5.91 Å². The van der Waals surface area contributed by atoms with Gasteiger partial charge in [0, 0.05) is 18.3 Å². The summed E-state index contributed by atoms with van der Waals surface area (Å²) in [4.78, 5) is 34.8. The molecule has 0 aromatic heterocycles. The Morgan fingerprint density at radius 3 is 2.31 bits per heavy atom. The zero-order chi connectivity index (χ0) is 18.9. The largest absolute Gasteiger partial charge is 0.455 e. The number of hydrogen-bond acceptors (Lipinski definition) is 4. The molecule has 0 aliphatic heterocycles. The second kappa shape index (κ2) is 9.36. The molecule has 26 heavy (non-hydrogen) atoms. The highest BCUT2D eigenvalue weighted by atomic mass is 16.5. The molecule has 0 spiro atoms. The number of benzene rings is 2. The second-order valence-corrected chi connectivity index (χ2v) is 5.77. The quantitative estimate of drug-likeness (QED) is 0.749. The Hall–Kier alpha value is -3.15. The summed E-state index contributed by atoms with van der Waals surface area (Å²) in [6.07, 6.45) is 0.851. The minimum Gasteiger partial charge on any atom is -0.455 e. The van der Waals surface area contributed by atoms with E-state index in [4.69, 9.17) is 4.74 Å². The van der Waals surface area contributed by atoms with Gasteiger partial charge in [0.15, 0.2) is 6.61 Å². The molecule has 0 unspecified atom stereocenters. The second-order valence-electron chi connectivity index (χ2n) is 5.77. The molecule has 0 fully saturated rings. The van der Waals surface area contributed by atoms with Crippen LogP contribution in [0.3, 0.4) is 0 Å². The molecule has 0 heterocycles. The highest BCUT2D eigenvalue weighted by Crippen LogP contribution is 2.15. The normalized spacial score (nSPS) is 10.1. The van der Waals surface area contributed by atoms with Gasteiger partial charge in [0.2, 0.25) is 5.91 Å². The molecule has 2 aromatic carbocycles. The fourth-order valence-corrected chi connectivity index (χ4v) is 2.41. The van der Waals surface area contributed by atoms with Gasteiger partial charge in [-0.1, -0.05) is 37.3 Å².